The number of allylic oxidation sites excluding steroid dienone is 1. The molecule has 1 atom stereocenters. The average Bonchev–Trinajstić information content (AvgIpc) is 2.78. The van der Waals surface area contributed by atoms with Crippen LogP contribution in [0.25, 0.3) is 0 Å². The number of aliphatic hydroxyl groups excluding tert-OH is 1. The highest BCUT2D eigenvalue weighted by Gasteiger charge is 2.18. The second-order valence-electron chi connectivity index (χ2n) is 4.41. The van der Waals surface area contributed by atoms with Crippen LogP contribution in [0, 0.1) is 0 Å². The van der Waals surface area contributed by atoms with Crippen LogP contribution >= 0.6 is 0 Å². The molecule has 1 aliphatic rings. The molecule has 1 N–H and O–H groups in total. The van der Waals surface area contributed by atoms with Gasteiger partial charge in [0.2, 0.25) is 0 Å². The zero-order valence-electron chi connectivity index (χ0n) is 9.89. The van der Waals surface area contributed by atoms with E-state index in [-0.39, 0.29) is 0 Å². The Morgan fingerprint density at radius 3 is 3.06 bits per heavy atom. The minimum Gasteiger partial charge on any atom is -0.382 e. The van der Waals surface area contributed by atoms with Gasteiger partial charge in [0.25, 0.3) is 0 Å². The largest absolute Gasteiger partial charge is 0.382 e. The van der Waals surface area contributed by atoms with Gasteiger partial charge in [-0.05, 0) is 43.7 Å². The maximum absolute atomic E-state index is 10.3. The van der Waals surface area contributed by atoms with Crippen molar-refractivity contribution < 1.29 is 5.11 Å². The van der Waals surface area contributed by atoms with Crippen molar-refractivity contribution in [3.63, 3.8) is 0 Å². The Balaban J connectivity index is 2.15. The number of hydrogen-bond acceptors (Lipinski definition) is 2. The number of rotatable bonds is 4. The minimum atomic E-state index is -0.450. The molecule has 0 bridgehead atoms. The molecule has 3 nitrogen and oxygen atoms in total. The average molecular weight is 220 g/mol. The Bertz CT molecular complexity index is 368. The lowest BCUT2D eigenvalue weighted by Crippen LogP contribution is -2.12. The maximum atomic E-state index is 10.3. The van der Waals surface area contributed by atoms with Crippen molar-refractivity contribution in [3.8, 4) is 0 Å². The number of aliphatic hydroxyl groups is 1. The first-order valence-corrected chi connectivity index (χ1v) is 6.21. The third-order valence-electron chi connectivity index (χ3n) is 3.14. The molecule has 0 saturated carbocycles. The van der Waals surface area contributed by atoms with Crippen molar-refractivity contribution in [2.45, 2.75) is 51.7 Å². The van der Waals surface area contributed by atoms with Crippen LogP contribution in [0.3, 0.4) is 0 Å². The van der Waals surface area contributed by atoms with Gasteiger partial charge in [-0.15, -0.1) is 0 Å². The second kappa shape index (κ2) is 5.30. The maximum Gasteiger partial charge on any atom is 0.117 e. The van der Waals surface area contributed by atoms with E-state index in [1.54, 1.807) is 6.20 Å². The van der Waals surface area contributed by atoms with E-state index in [4.69, 9.17) is 0 Å². The fourth-order valence-electron chi connectivity index (χ4n) is 2.28. The van der Waals surface area contributed by atoms with Gasteiger partial charge >= 0.3 is 0 Å². The van der Waals surface area contributed by atoms with Gasteiger partial charge in [0.1, 0.15) is 6.10 Å². The van der Waals surface area contributed by atoms with E-state index in [1.165, 1.54) is 18.4 Å². The van der Waals surface area contributed by atoms with Crippen LogP contribution in [0.4, 0.5) is 0 Å². The zero-order valence-corrected chi connectivity index (χ0v) is 9.89. The van der Waals surface area contributed by atoms with Crippen LogP contribution in [0.15, 0.2) is 23.9 Å². The van der Waals surface area contributed by atoms with E-state index in [0.29, 0.717) is 0 Å². The highest BCUT2D eigenvalue weighted by molar-refractivity contribution is 5.20. The molecule has 1 aromatic rings. The molecule has 3 heteroatoms. The molecule has 1 unspecified atom stereocenters. The van der Waals surface area contributed by atoms with Crippen molar-refractivity contribution in [2.75, 3.05) is 0 Å². The van der Waals surface area contributed by atoms with Gasteiger partial charge in [-0.3, -0.25) is 4.68 Å². The topological polar surface area (TPSA) is 38.0 Å². The first-order chi connectivity index (χ1) is 7.83. The molecule has 0 fully saturated rings. The second-order valence-corrected chi connectivity index (χ2v) is 4.41. The summed E-state index contributed by atoms with van der Waals surface area (Å²) in [6, 6.07) is 1.93. The van der Waals surface area contributed by atoms with Crippen LogP contribution in [0.1, 0.15) is 50.8 Å². The van der Waals surface area contributed by atoms with Crippen molar-refractivity contribution in [1.82, 2.24) is 9.78 Å². The Kier molecular flexibility index (Phi) is 3.78. The molecule has 16 heavy (non-hydrogen) atoms. The smallest absolute Gasteiger partial charge is 0.117 e. The number of aryl methyl sites for hydroxylation is 1. The first kappa shape index (κ1) is 11.4. The number of nitrogens with zero attached hydrogens (tertiary/aromatic N) is 2. The Morgan fingerprint density at radius 1 is 1.50 bits per heavy atom. The lowest BCUT2D eigenvalue weighted by molar-refractivity contribution is 0.196. The summed E-state index contributed by atoms with van der Waals surface area (Å²) >= 11 is 0. The van der Waals surface area contributed by atoms with Crippen molar-refractivity contribution in [1.29, 1.82) is 0 Å². The standard InChI is InChI=1S/C13H20N2O/c1-2-10-15-12(8-9-14-15)13(16)11-6-4-3-5-7-11/h6,8-9,13,16H,2-5,7,10H2,1H3. The molecular weight excluding hydrogens is 200 g/mol. The number of hydrogen-bond donors (Lipinski definition) is 1. The van der Waals surface area contributed by atoms with Crippen LogP contribution in [0.2, 0.25) is 0 Å². The summed E-state index contributed by atoms with van der Waals surface area (Å²) in [5.74, 6) is 0. The van der Waals surface area contributed by atoms with Gasteiger partial charge in [-0.25, -0.2) is 0 Å². The molecule has 2 rings (SSSR count). The molecule has 1 heterocycles. The van der Waals surface area contributed by atoms with E-state index in [1.807, 2.05) is 10.7 Å². The van der Waals surface area contributed by atoms with Gasteiger partial charge in [-0.2, -0.15) is 5.10 Å². The molecule has 1 aromatic heterocycles. The Morgan fingerprint density at radius 2 is 2.38 bits per heavy atom. The summed E-state index contributed by atoms with van der Waals surface area (Å²) < 4.78 is 1.92. The predicted molar refractivity (Wildman–Crippen MR) is 64.0 cm³/mol. The Labute approximate surface area is 96.8 Å². The fraction of sp³-hybridized carbons (Fsp3) is 0.615. The molecule has 0 amide bonds. The summed E-state index contributed by atoms with van der Waals surface area (Å²) in [5.41, 5.74) is 2.11. The molecule has 0 spiro atoms. The summed E-state index contributed by atoms with van der Waals surface area (Å²) in [4.78, 5) is 0. The minimum absolute atomic E-state index is 0.450. The van der Waals surface area contributed by atoms with Gasteiger partial charge in [0.05, 0.1) is 5.69 Å². The van der Waals surface area contributed by atoms with Crippen molar-refractivity contribution in [3.05, 3.63) is 29.6 Å². The number of aromatic nitrogens is 2. The normalized spacial score (nSPS) is 18.2. The predicted octanol–water partition coefficient (Wildman–Crippen LogP) is 2.83. The summed E-state index contributed by atoms with van der Waals surface area (Å²) in [7, 11) is 0. The highest BCUT2D eigenvalue weighted by atomic mass is 16.3. The van der Waals surface area contributed by atoms with Crippen molar-refractivity contribution in [2.24, 2.45) is 0 Å². The molecule has 1 aliphatic carbocycles. The van der Waals surface area contributed by atoms with Crippen LogP contribution in [-0.2, 0) is 6.54 Å². The molecular formula is C13H20N2O. The van der Waals surface area contributed by atoms with E-state index >= 15 is 0 Å². The van der Waals surface area contributed by atoms with Gasteiger partial charge in [0, 0.05) is 12.7 Å². The van der Waals surface area contributed by atoms with Gasteiger partial charge in [0.15, 0.2) is 0 Å². The van der Waals surface area contributed by atoms with Gasteiger partial charge in [-0.1, -0.05) is 13.0 Å². The highest BCUT2D eigenvalue weighted by Crippen LogP contribution is 2.29. The lowest BCUT2D eigenvalue weighted by atomic mass is 9.94. The Hall–Kier alpha value is -1.09. The van der Waals surface area contributed by atoms with E-state index in [9.17, 15) is 5.11 Å². The lowest BCUT2D eigenvalue weighted by Gasteiger charge is -2.19. The van der Waals surface area contributed by atoms with E-state index < -0.39 is 6.10 Å². The monoisotopic (exact) mass is 220 g/mol. The molecule has 0 radical (unpaired) electrons. The molecule has 0 aliphatic heterocycles. The third-order valence-corrected chi connectivity index (χ3v) is 3.14. The van der Waals surface area contributed by atoms with Gasteiger partial charge < -0.3 is 5.11 Å². The van der Waals surface area contributed by atoms with Crippen LogP contribution in [-0.4, -0.2) is 14.9 Å². The van der Waals surface area contributed by atoms with E-state index in [2.05, 4.69) is 18.1 Å². The quantitative estimate of drug-likeness (QED) is 0.792. The SMILES string of the molecule is CCCn1nccc1C(O)C1=CCCCC1. The molecule has 88 valence electrons. The summed E-state index contributed by atoms with van der Waals surface area (Å²) in [5, 5.41) is 14.6. The van der Waals surface area contributed by atoms with Crippen LogP contribution in [0.5, 0.6) is 0 Å². The third kappa shape index (κ3) is 2.35. The fourth-order valence-corrected chi connectivity index (χ4v) is 2.28. The zero-order chi connectivity index (χ0) is 11.4. The summed E-state index contributed by atoms with van der Waals surface area (Å²) in [6.07, 6.45) is 9.15. The van der Waals surface area contributed by atoms with E-state index in [0.717, 1.165) is 31.5 Å². The summed E-state index contributed by atoms with van der Waals surface area (Å²) in [6.45, 7) is 3.00. The molecule has 0 aromatic carbocycles. The first-order valence-electron chi connectivity index (χ1n) is 6.21. The molecule has 0 saturated heterocycles. The van der Waals surface area contributed by atoms with Crippen molar-refractivity contribution >= 4 is 0 Å². The van der Waals surface area contributed by atoms with Crippen LogP contribution < -0.4 is 0 Å².